The van der Waals surface area contributed by atoms with Gasteiger partial charge >= 0.3 is 0 Å². The number of hydrogen-bond acceptors (Lipinski definition) is 2. The Hall–Kier alpha value is -3.32. The maximum absolute atomic E-state index is 13.5. The minimum Gasteiger partial charge on any atom is -0.343 e. The highest BCUT2D eigenvalue weighted by molar-refractivity contribution is 5.88. The lowest BCUT2D eigenvalue weighted by Gasteiger charge is -2.14. The molecule has 3 aromatic rings. The van der Waals surface area contributed by atoms with E-state index in [0.29, 0.717) is 18.2 Å². The molecule has 0 aliphatic carbocycles. The average Bonchev–Trinajstić information content (AvgIpc) is 3.32. The average molecular weight is 399 g/mol. The third kappa shape index (κ3) is 4.02. The van der Waals surface area contributed by atoms with E-state index in [1.54, 1.807) is 4.57 Å². The summed E-state index contributed by atoms with van der Waals surface area (Å²) in [5.74, 6) is 6.45. The van der Waals surface area contributed by atoms with Gasteiger partial charge in [-0.3, -0.25) is 14.2 Å². The van der Waals surface area contributed by atoms with E-state index in [9.17, 15) is 9.59 Å². The summed E-state index contributed by atoms with van der Waals surface area (Å²) in [4.78, 5) is 27.6. The highest BCUT2D eigenvalue weighted by atomic mass is 16.2. The van der Waals surface area contributed by atoms with Gasteiger partial charge in [0.25, 0.3) is 5.56 Å². The number of para-hydroxylation sites is 1. The van der Waals surface area contributed by atoms with Crippen LogP contribution in [0.25, 0.3) is 16.5 Å². The molecule has 1 saturated heterocycles. The maximum atomic E-state index is 13.5. The van der Waals surface area contributed by atoms with Gasteiger partial charge in [-0.05, 0) is 48.9 Å². The molecule has 1 amide bonds. The number of likely N-dealkylation sites (tertiary alicyclic amines) is 1. The molecule has 0 N–H and O–H groups in total. The van der Waals surface area contributed by atoms with Crippen LogP contribution in [-0.2, 0) is 11.2 Å². The smallest absolute Gasteiger partial charge is 0.264 e. The van der Waals surface area contributed by atoms with Crippen LogP contribution in [0, 0.1) is 11.8 Å². The molecule has 0 saturated carbocycles. The molecule has 0 atom stereocenters. The second-order valence-electron chi connectivity index (χ2n) is 7.62. The number of fused-ring (bicyclic) bond motifs is 1. The Labute approximate surface area is 177 Å². The molecular weight excluding hydrogens is 372 g/mol. The molecule has 0 unspecified atom stereocenters. The van der Waals surface area contributed by atoms with Gasteiger partial charge in [-0.15, -0.1) is 0 Å². The van der Waals surface area contributed by atoms with Gasteiger partial charge in [0.2, 0.25) is 5.91 Å². The third-order valence-electron chi connectivity index (χ3n) is 5.65. The van der Waals surface area contributed by atoms with Crippen molar-refractivity contribution in [1.82, 2.24) is 9.47 Å². The van der Waals surface area contributed by atoms with Crippen LogP contribution in [0.4, 0.5) is 0 Å². The van der Waals surface area contributed by atoms with E-state index in [1.807, 2.05) is 53.4 Å². The quantitative estimate of drug-likeness (QED) is 0.615. The van der Waals surface area contributed by atoms with Crippen LogP contribution in [0.15, 0.2) is 59.4 Å². The molecule has 1 aliphatic heterocycles. The first-order valence-electron chi connectivity index (χ1n) is 10.7. The van der Waals surface area contributed by atoms with Crippen molar-refractivity contribution in [1.29, 1.82) is 0 Å². The first-order valence-corrected chi connectivity index (χ1v) is 10.7. The molecule has 1 fully saturated rings. The lowest BCUT2D eigenvalue weighted by molar-refractivity contribution is -0.129. The molecule has 152 valence electrons. The van der Waals surface area contributed by atoms with Gasteiger partial charge in [-0.1, -0.05) is 49.1 Å². The third-order valence-corrected chi connectivity index (χ3v) is 5.65. The van der Waals surface area contributed by atoms with Crippen molar-refractivity contribution in [2.24, 2.45) is 0 Å². The molecular formula is C26H26N2O2. The maximum Gasteiger partial charge on any atom is 0.264 e. The van der Waals surface area contributed by atoms with Gasteiger partial charge in [0.05, 0.1) is 5.39 Å². The van der Waals surface area contributed by atoms with Gasteiger partial charge in [0.15, 0.2) is 0 Å². The van der Waals surface area contributed by atoms with Crippen LogP contribution in [0.1, 0.15) is 43.9 Å². The normalized spacial score (nSPS) is 13.3. The van der Waals surface area contributed by atoms with Gasteiger partial charge in [0, 0.05) is 42.9 Å². The second kappa shape index (κ2) is 9.00. The highest BCUT2D eigenvalue weighted by Crippen LogP contribution is 2.19. The van der Waals surface area contributed by atoms with Crippen LogP contribution >= 0.6 is 0 Å². The monoisotopic (exact) mass is 398 g/mol. The first kappa shape index (κ1) is 20.0. The lowest BCUT2D eigenvalue weighted by atomic mass is 10.0. The van der Waals surface area contributed by atoms with Crippen molar-refractivity contribution in [2.75, 3.05) is 13.1 Å². The number of aromatic nitrogens is 1. The van der Waals surface area contributed by atoms with Crippen LogP contribution in [-0.4, -0.2) is 28.5 Å². The second-order valence-corrected chi connectivity index (χ2v) is 7.62. The summed E-state index contributed by atoms with van der Waals surface area (Å²) in [7, 11) is 0. The van der Waals surface area contributed by atoms with E-state index >= 15 is 0 Å². The fraction of sp³-hybridized carbons (Fsp3) is 0.308. The predicted molar refractivity (Wildman–Crippen MR) is 121 cm³/mol. The van der Waals surface area contributed by atoms with Gasteiger partial charge in [-0.25, -0.2) is 0 Å². The zero-order valence-electron chi connectivity index (χ0n) is 17.4. The van der Waals surface area contributed by atoms with Gasteiger partial charge < -0.3 is 4.90 Å². The molecule has 1 aromatic heterocycles. The molecule has 4 rings (SSSR count). The molecule has 0 bridgehead atoms. The highest BCUT2D eigenvalue weighted by Gasteiger charge is 2.16. The van der Waals surface area contributed by atoms with Crippen molar-refractivity contribution < 1.29 is 4.79 Å². The van der Waals surface area contributed by atoms with E-state index in [4.69, 9.17) is 0 Å². The molecule has 2 aromatic carbocycles. The number of aryl methyl sites for hydroxylation is 1. The number of benzene rings is 2. The van der Waals surface area contributed by atoms with E-state index in [1.165, 1.54) is 0 Å². The fourth-order valence-electron chi connectivity index (χ4n) is 4.09. The minimum atomic E-state index is -0.0476. The van der Waals surface area contributed by atoms with Crippen molar-refractivity contribution in [3.05, 3.63) is 76.2 Å². The van der Waals surface area contributed by atoms with E-state index < -0.39 is 0 Å². The van der Waals surface area contributed by atoms with Crippen LogP contribution < -0.4 is 5.56 Å². The number of carbonyl (C=O) groups is 1. The van der Waals surface area contributed by atoms with Crippen molar-refractivity contribution in [2.45, 2.75) is 39.0 Å². The van der Waals surface area contributed by atoms with Gasteiger partial charge in [-0.2, -0.15) is 0 Å². The summed E-state index contributed by atoms with van der Waals surface area (Å²) in [5, 5.41) is 1.54. The number of carbonyl (C=O) groups excluding carboxylic acids is 1. The molecule has 1 aliphatic rings. The fourth-order valence-corrected chi connectivity index (χ4v) is 4.09. The summed E-state index contributed by atoms with van der Waals surface area (Å²) in [6.07, 6.45) is 3.90. The molecule has 30 heavy (non-hydrogen) atoms. The Bertz CT molecular complexity index is 1180. The Morgan fingerprint density at radius 2 is 1.80 bits per heavy atom. The largest absolute Gasteiger partial charge is 0.343 e. The number of amides is 1. The Morgan fingerprint density at radius 3 is 2.53 bits per heavy atom. The molecule has 4 nitrogen and oxygen atoms in total. The zero-order chi connectivity index (χ0) is 20.9. The summed E-state index contributed by atoms with van der Waals surface area (Å²) >= 11 is 0. The lowest BCUT2D eigenvalue weighted by Crippen LogP contribution is -2.27. The number of rotatable bonds is 4. The predicted octanol–water partition coefficient (Wildman–Crippen LogP) is 4.31. The number of pyridine rings is 1. The summed E-state index contributed by atoms with van der Waals surface area (Å²) in [5.41, 5.74) is 2.51. The summed E-state index contributed by atoms with van der Waals surface area (Å²) in [6.45, 7) is 3.80. The SMILES string of the molecule is CCc1cc2cccc(C#CCCC(=O)N3CCCC3)c2c(=O)n1-c1ccccc1. The molecule has 2 heterocycles. The standard InChI is InChI=1S/C26H26N2O2/c1-2-22-19-21-13-10-12-20(11-6-7-16-24(29)27-17-8-9-18-27)25(21)26(30)28(22)23-14-4-3-5-15-23/h3-5,10,12-15,19H,2,7-9,16-18H2,1H3. The van der Waals surface area contributed by atoms with E-state index in [2.05, 4.69) is 24.8 Å². The number of nitrogens with zero attached hydrogens (tertiary/aromatic N) is 2. The first-order chi connectivity index (χ1) is 14.7. The van der Waals surface area contributed by atoms with Crippen molar-refractivity contribution >= 4 is 16.7 Å². The Kier molecular flexibility index (Phi) is 5.99. The Morgan fingerprint density at radius 1 is 1.03 bits per heavy atom. The van der Waals surface area contributed by atoms with Crippen LogP contribution in [0.5, 0.6) is 0 Å². The Balaban J connectivity index is 1.68. The molecule has 4 heteroatoms. The summed E-state index contributed by atoms with van der Waals surface area (Å²) in [6, 6.07) is 17.6. The minimum absolute atomic E-state index is 0.0476. The summed E-state index contributed by atoms with van der Waals surface area (Å²) < 4.78 is 1.78. The van der Waals surface area contributed by atoms with Crippen LogP contribution in [0.3, 0.4) is 0 Å². The number of hydrogen-bond donors (Lipinski definition) is 0. The molecule has 0 radical (unpaired) electrons. The van der Waals surface area contributed by atoms with Crippen molar-refractivity contribution in [3.8, 4) is 17.5 Å². The molecule has 0 spiro atoms. The van der Waals surface area contributed by atoms with Gasteiger partial charge in [0.1, 0.15) is 0 Å². The van der Waals surface area contributed by atoms with E-state index in [-0.39, 0.29) is 11.5 Å². The topological polar surface area (TPSA) is 42.3 Å². The van der Waals surface area contributed by atoms with Crippen molar-refractivity contribution in [3.63, 3.8) is 0 Å². The van der Waals surface area contributed by atoms with Crippen LogP contribution in [0.2, 0.25) is 0 Å². The zero-order valence-corrected chi connectivity index (χ0v) is 17.4. The van der Waals surface area contributed by atoms with E-state index in [0.717, 1.165) is 54.7 Å².